The lowest BCUT2D eigenvalue weighted by Gasteiger charge is -2.23. The number of amides is 1. The molecule has 0 bridgehead atoms. The van der Waals surface area contributed by atoms with Gasteiger partial charge in [0.2, 0.25) is 0 Å². The van der Waals surface area contributed by atoms with Crippen molar-refractivity contribution in [2.24, 2.45) is 0 Å². The van der Waals surface area contributed by atoms with E-state index in [-0.39, 0.29) is 24.3 Å². The molecule has 1 aliphatic heterocycles. The van der Waals surface area contributed by atoms with Crippen LogP contribution in [-0.2, 0) is 9.53 Å². The minimum absolute atomic E-state index is 0.0400. The van der Waals surface area contributed by atoms with Crippen molar-refractivity contribution >= 4 is 5.91 Å². The molecule has 1 aromatic rings. The zero-order valence-electron chi connectivity index (χ0n) is 11.0. The fourth-order valence-corrected chi connectivity index (χ4v) is 2.01. The first kappa shape index (κ1) is 13.7. The van der Waals surface area contributed by atoms with Gasteiger partial charge >= 0.3 is 0 Å². The van der Waals surface area contributed by atoms with E-state index >= 15 is 0 Å². The molecule has 1 heterocycles. The quantitative estimate of drug-likeness (QED) is 0.863. The Labute approximate surface area is 112 Å². The van der Waals surface area contributed by atoms with Crippen LogP contribution in [0.3, 0.4) is 0 Å². The van der Waals surface area contributed by atoms with E-state index in [4.69, 9.17) is 9.47 Å². The predicted octanol–water partition coefficient (Wildman–Crippen LogP) is 1.37. The number of phenolic OH excluding ortho intramolecular Hbond substituents is 1. The Balaban J connectivity index is 1.81. The maximum absolute atomic E-state index is 11.7. The van der Waals surface area contributed by atoms with Crippen LogP contribution in [0.1, 0.15) is 18.4 Å². The van der Waals surface area contributed by atoms with E-state index in [2.05, 4.69) is 5.32 Å². The van der Waals surface area contributed by atoms with Gasteiger partial charge in [-0.25, -0.2) is 0 Å². The number of phenols is 1. The lowest BCUT2D eigenvalue weighted by molar-refractivity contribution is -0.124. The molecule has 0 radical (unpaired) electrons. The van der Waals surface area contributed by atoms with Crippen molar-refractivity contribution in [3.8, 4) is 11.5 Å². The third kappa shape index (κ3) is 3.86. The topological polar surface area (TPSA) is 67.8 Å². The summed E-state index contributed by atoms with van der Waals surface area (Å²) in [7, 11) is 0. The smallest absolute Gasteiger partial charge is 0.258 e. The fraction of sp³-hybridized carbons (Fsp3) is 0.500. The SMILES string of the molecule is Cc1c(O)cccc1OCC(=O)NC1CCOCC1. The first-order chi connectivity index (χ1) is 9.16. The van der Waals surface area contributed by atoms with Gasteiger partial charge in [0.05, 0.1) is 0 Å². The Hall–Kier alpha value is -1.75. The lowest BCUT2D eigenvalue weighted by atomic mass is 10.1. The van der Waals surface area contributed by atoms with Gasteiger partial charge in [-0.1, -0.05) is 6.07 Å². The van der Waals surface area contributed by atoms with Crippen LogP contribution in [-0.4, -0.2) is 36.9 Å². The zero-order chi connectivity index (χ0) is 13.7. The van der Waals surface area contributed by atoms with E-state index in [1.54, 1.807) is 25.1 Å². The first-order valence-corrected chi connectivity index (χ1v) is 6.45. The summed E-state index contributed by atoms with van der Waals surface area (Å²) < 4.78 is 10.6. The van der Waals surface area contributed by atoms with Crippen LogP contribution in [0, 0.1) is 6.92 Å². The Morgan fingerprint density at radius 2 is 2.21 bits per heavy atom. The molecule has 5 heteroatoms. The number of carbonyl (C=O) groups is 1. The van der Waals surface area contributed by atoms with Crippen LogP contribution in [0.2, 0.25) is 0 Å². The maximum Gasteiger partial charge on any atom is 0.258 e. The van der Waals surface area contributed by atoms with Crippen LogP contribution in [0.25, 0.3) is 0 Å². The standard InChI is InChI=1S/C14H19NO4/c1-10-12(16)3-2-4-13(10)19-9-14(17)15-11-5-7-18-8-6-11/h2-4,11,16H,5-9H2,1H3,(H,15,17). The molecule has 1 aliphatic rings. The minimum atomic E-state index is -0.144. The molecule has 1 amide bonds. The maximum atomic E-state index is 11.7. The van der Waals surface area contributed by atoms with Crippen molar-refractivity contribution < 1.29 is 19.4 Å². The molecule has 104 valence electrons. The number of nitrogens with one attached hydrogen (secondary N) is 1. The largest absolute Gasteiger partial charge is 0.508 e. The summed E-state index contributed by atoms with van der Waals surface area (Å²) in [5.74, 6) is 0.555. The van der Waals surface area contributed by atoms with E-state index in [0.29, 0.717) is 24.5 Å². The summed E-state index contributed by atoms with van der Waals surface area (Å²) >= 11 is 0. The van der Waals surface area contributed by atoms with E-state index in [1.807, 2.05) is 0 Å². The van der Waals surface area contributed by atoms with Crippen LogP contribution in [0.4, 0.5) is 0 Å². The van der Waals surface area contributed by atoms with E-state index in [0.717, 1.165) is 12.8 Å². The van der Waals surface area contributed by atoms with Crippen LogP contribution in [0.5, 0.6) is 11.5 Å². The van der Waals surface area contributed by atoms with Gasteiger partial charge in [-0.2, -0.15) is 0 Å². The molecule has 5 nitrogen and oxygen atoms in total. The molecular formula is C14H19NO4. The predicted molar refractivity (Wildman–Crippen MR) is 70.3 cm³/mol. The van der Waals surface area contributed by atoms with Gasteiger partial charge in [0.1, 0.15) is 11.5 Å². The van der Waals surface area contributed by atoms with Gasteiger partial charge in [-0.05, 0) is 31.9 Å². The molecule has 0 aliphatic carbocycles. The highest BCUT2D eigenvalue weighted by Crippen LogP contribution is 2.25. The van der Waals surface area contributed by atoms with E-state index in [9.17, 15) is 9.90 Å². The Morgan fingerprint density at radius 1 is 1.47 bits per heavy atom. The normalized spacial score (nSPS) is 16.1. The number of rotatable bonds is 4. The van der Waals surface area contributed by atoms with E-state index in [1.165, 1.54) is 0 Å². The monoisotopic (exact) mass is 265 g/mol. The lowest BCUT2D eigenvalue weighted by Crippen LogP contribution is -2.41. The molecule has 2 rings (SSSR count). The molecule has 1 saturated heterocycles. The highest BCUT2D eigenvalue weighted by atomic mass is 16.5. The van der Waals surface area contributed by atoms with Crippen molar-refractivity contribution in [3.63, 3.8) is 0 Å². The highest BCUT2D eigenvalue weighted by Gasteiger charge is 2.16. The molecule has 0 saturated carbocycles. The van der Waals surface area contributed by atoms with Crippen molar-refractivity contribution in [2.75, 3.05) is 19.8 Å². The fourth-order valence-electron chi connectivity index (χ4n) is 2.01. The minimum Gasteiger partial charge on any atom is -0.508 e. The van der Waals surface area contributed by atoms with Crippen LogP contribution in [0.15, 0.2) is 18.2 Å². The molecule has 1 fully saturated rings. The zero-order valence-corrected chi connectivity index (χ0v) is 11.0. The molecule has 19 heavy (non-hydrogen) atoms. The average molecular weight is 265 g/mol. The van der Waals surface area contributed by atoms with Gasteiger partial charge in [0, 0.05) is 24.8 Å². The molecular weight excluding hydrogens is 246 g/mol. The third-order valence-electron chi connectivity index (χ3n) is 3.20. The van der Waals surface area contributed by atoms with Crippen molar-refractivity contribution in [1.82, 2.24) is 5.32 Å². The Bertz CT molecular complexity index is 441. The van der Waals surface area contributed by atoms with Crippen molar-refractivity contribution in [3.05, 3.63) is 23.8 Å². The summed E-state index contributed by atoms with van der Waals surface area (Å²) in [6.07, 6.45) is 1.69. The summed E-state index contributed by atoms with van der Waals surface area (Å²) in [5, 5.41) is 12.4. The number of carbonyl (C=O) groups excluding carboxylic acids is 1. The number of aromatic hydroxyl groups is 1. The second kappa shape index (κ2) is 6.43. The van der Waals surface area contributed by atoms with Crippen LogP contribution < -0.4 is 10.1 Å². The van der Waals surface area contributed by atoms with Gasteiger partial charge in [0.15, 0.2) is 6.61 Å². The summed E-state index contributed by atoms with van der Waals surface area (Å²) in [5.41, 5.74) is 0.640. The summed E-state index contributed by atoms with van der Waals surface area (Å²) in [4.78, 5) is 11.7. The molecule has 0 unspecified atom stereocenters. The van der Waals surface area contributed by atoms with Crippen molar-refractivity contribution in [1.29, 1.82) is 0 Å². The van der Waals surface area contributed by atoms with Crippen LogP contribution >= 0.6 is 0 Å². The summed E-state index contributed by atoms with van der Waals surface area (Å²) in [6.45, 7) is 3.09. The number of ether oxygens (including phenoxy) is 2. The summed E-state index contributed by atoms with van der Waals surface area (Å²) in [6, 6.07) is 5.19. The highest BCUT2D eigenvalue weighted by molar-refractivity contribution is 5.77. The second-order valence-corrected chi connectivity index (χ2v) is 4.64. The number of benzene rings is 1. The molecule has 1 aromatic carbocycles. The van der Waals surface area contributed by atoms with Gasteiger partial charge in [-0.15, -0.1) is 0 Å². The molecule has 0 atom stereocenters. The Morgan fingerprint density at radius 3 is 2.95 bits per heavy atom. The number of hydrogen-bond donors (Lipinski definition) is 2. The molecule has 2 N–H and O–H groups in total. The first-order valence-electron chi connectivity index (χ1n) is 6.45. The van der Waals surface area contributed by atoms with E-state index < -0.39 is 0 Å². The van der Waals surface area contributed by atoms with Gasteiger partial charge < -0.3 is 19.9 Å². The van der Waals surface area contributed by atoms with Crippen molar-refractivity contribution in [2.45, 2.75) is 25.8 Å². The average Bonchev–Trinajstić information content (AvgIpc) is 2.42. The number of hydrogen-bond acceptors (Lipinski definition) is 4. The van der Waals surface area contributed by atoms with Gasteiger partial charge in [-0.3, -0.25) is 4.79 Å². The third-order valence-corrected chi connectivity index (χ3v) is 3.20. The molecule has 0 aromatic heterocycles. The second-order valence-electron chi connectivity index (χ2n) is 4.64. The Kier molecular flexibility index (Phi) is 4.63. The molecule has 0 spiro atoms. The van der Waals surface area contributed by atoms with Gasteiger partial charge in [0.25, 0.3) is 5.91 Å².